The van der Waals surface area contributed by atoms with Crippen LogP contribution in [0.5, 0.6) is 0 Å². The van der Waals surface area contributed by atoms with Crippen LogP contribution in [0.25, 0.3) is 0 Å². The third kappa shape index (κ3) is 5.96. The number of carbonyl (C=O) groups excluding carboxylic acids is 1. The van der Waals surface area contributed by atoms with Crippen LogP contribution < -0.4 is 5.32 Å². The van der Waals surface area contributed by atoms with Gasteiger partial charge >= 0.3 is 5.97 Å². The van der Waals surface area contributed by atoms with E-state index in [2.05, 4.69) is 20.1 Å². The number of ether oxygens (including phenoxy) is 1. The van der Waals surface area contributed by atoms with Crippen molar-refractivity contribution in [3.05, 3.63) is 0 Å². The summed E-state index contributed by atoms with van der Waals surface area (Å²) in [5, 5.41) is 3.48. The van der Waals surface area contributed by atoms with E-state index in [-0.39, 0.29) is 11.9 Å². The number of piperidine rings is 1. The fourth-order valence-electron chi connectivity index (χ4n) is 3.64. The van der Waals surface area contributed by atoms with Crippen molar-refractivity contribution in [3.8, 4) is 0 Å². The summed E-state index contributed by atoms with van der Waals surface area (Å²) in [6, 6.07) is 0. The summed E-state index contributed by atoms with van der Waals surface area (Å²) in [7, 11) is 1.82. The summed E-state index contributed by atoms with van der Waals surface area (Å²) in [5.41, 5.74) is 0. The first-order valence-electron chi connectivity index (χ1n) is 9.59. The molecule has 6 heteroatoms. The van der Waals surface area contributed by atoms with Crippen LogP contribution in [0.4, 0.5) is 0 Å². The van der Waals surface area contributed by atoms with Crippen LogP contribution in [0.1, 0.15) is 45.4 Å². The average molecular weight is 338 g/mol. The molecular formula is C18H34N4O2. The van der Waals surface area contributed by atoms with Gasteiger partial charge in [-0.15, -0.1) is 0 Å². The zero-order valence-corrected chi connectivity index (χ0v) is 15.4. The first-order valence-corrected chi connectivity index (χ1v) is 9.59. The minimum atomic E-state index is -0.0674. The number of hydrogen-bond donors (Lipinski definition) is 1. The van der Waals surface area contributed by atoms with Crippen molar-refractivity contribution in [3.63, 3.8) is 0 Å². The van der Waals surface area contributed by atoms with E-state index in [0.29, 0.717) is 13.2 Å². The first kappa shape index (κ1) is 19.0. The van der Waals surface area contributed by atoms with E-state index in [1.807, 2.05) is 14.0 Å². The Morgan fingerprint density at radius 1 is 1.17 bits per heavy atom. The second-order valence-electron chi connectivity index (χ2n) is 6.77. The standard InChI is InChI=1S/C18H34N4O2/c1-3-24-17(23)16-9-8-13-22(15-16)18(19-2)20-10-14-21-11-6-4-5-7-12-21/h16H,3-15H2,1-2H3,(H,19,20). The van der Waals surface area contributed by atoms with Gasteiger partial charge in [0, 0.05) is 33.2 Å². The molecule has 1 atom stereocenters. The number of guanidine groups is 1. The molecule has 2 rings (SSSR count). The van der Waals surface area contributed by atoms with Crippen molar-refractivity contribution >= 4 is 11.9 Å². The van der Waals surface area contributed by atoms with Gasteiger partial charge in [0.15, 0.2) is 5.96 Å². The van der Waals surface area contributed by atoms with Crippen LogP contribution in [0.2, 0.25) is 0 Å². The zero-order chi connectivity index (χ0) is 17.2. The average Bonchev–Trinajstić information content (AvgIpc) is 2.88. The summed E-state index contributed by atoms with van der Waals surface area (Å²) in [6.45, 7) is 8.40. The molecule has 0 aromatic rings. The summed E-state index contributed by atoms with van der Waals surface area (Å²) in [4.78, 5) is 21.2. The molecule has 0 aromatic carbocycles. The van der Waals surface area contributed by atoms with Crippen molar-refractivity contribution in [1.82, 2.24) is 15.1 Å². The molecule has 138 valence electrons. The Kier molecular flexibility index (Phi) is 8.36. The number of hydrogen-bond acceptors (Lipinski definition) is 4. The van der Waals surface area contributed by atoms with E-state index in [1.165, 1.54) is 38.8 Å². The fraction of sp³-hybridized carbons (Fsp3) is 0.889. The third-order valence-corrected chi connectivity index (χ3v) is 4.96. The van der Waals surface area contributed by atoms with Gasteiger partial charge in [0.1, 0.15) is 0 Å². The normalized spacial score (nSPS) is 23.7. The molecule has 2 saturated heterocycles. The predicted molar refractivity (Wildman–Crippen MR) is 97.2 cm³/mol. The number of rotatable bonds is 5. The number of likely N-dealkylation sites (tertiary alicyclic amines) is 2. The Morgan fingerprint density at radius 2 is 1.92 bits per heavy atom. The van der Waals surface area contributed by atoms with Gasteiger partial charge in [-0.25, -0.2) is 0 Å². The highest BCUT2D eigenvalue weighted by Crippen LogP contribution is 2.18. The monoisotopic (exact) mass is 338 g/mol. The third-order valence-electron chi connectivity index (χ3n) is 4.96. The van der Waals surface area contributed by atoms with Crippen LogP contribution >= 0.6 is 0 Å². The topological polar surface area (TPSA) is 57.2 Å². The predicted octanol–water partition coefficient (Wildman–Crippen LogP) is 1.71. The van der Waals surface area contributed by atoms with E-state index in [4.69, 9.17) is 4.74 Å². The lowest BCUT2D eigenvalue weighted by Crippen LogP contribution is -2.49. The number of carbonyl (C=O) groups is 1. The van der Waals surface area contributed by atoms with E-state index in [0.717, 1.165) is 38.4 Å². The Labute approximate surface area is 146 Å². The van der Waals surface area contributed by atoms with Gasteiger partial charge in [0.25, 0.3) is 0 Å². The molecule has 6 nitrogen and oxygen atoms in total. The second-order valence-corrected chi connectivity index (χ2v) is 6.77. The molecule has 24 heavy (non-hydrogen) atoms. The van der Waals surface area contributed by atoms with Gasteiger partial charge in [-0.2, -0.15) is 0 Å². The molecule has 0 spiro atoms. The van der Waals surface area contributed by atoms with E-state index < -0.39 is 0 Å². The van der Waals surface area contributed by atoms with Gasteiger partial charge < -0.3 is 19.9 Å². The molecule has 0 saturated carbocycles. The molecule has 2 aliphatic rings. The maximum atomic E-state index is 12.0. The molecule has 1 N–H and O–H groups in total. The quantitative estimate of drug-likeness (QED) is 0.470. The summed E-state index contributed by atoms with van der Waals surface area (Å²) in [6.07, 6.45) is 7.31. The van der Waals surface area contributed by atoms with Crippen LogP contribution in [0, 0.1) is 5.92 Å². The van der Waals surface area contributed by atoms with Crippen molar-refractivity contribution in [1.29, 1.82) is 0 Å². The maximum absolute atomic E-state index is 12.0. The second kappa shape index (κ2) is 10.5. The van der Waals surface area contributed by atoms with Crippen LogP contribution in [0.15, 0.2) is 4.99 Å². The minimum absolute atomic E-state index is 0.0251. The van der Waals surface area contributed by atoms with E-state index >= 15 is 0 Å². The Balaban J connectivity index is 1.76. The van der Waals surface area contributed by atoms with Gasteiger partial charge in [-0.05, 0) is 45.7 Å². The molecule has 1 unspecified atom stereocenters. The minimum Gasteiger partial charge on any atom is -0.466 e. The lowest BCUT2D eigenvalue weighted by molar-refractivity contribution is -0.149. The number of aliphatic imine (C=N–C) groups is 1. The molecule has 2 aliphatic heterocycles. The van der Waals surface area contributed by atoms with Gasteiger partial charge in [0.2, 0.25) is 0 Å². The largest absolute Gasteiger partial charge is 0.466 e. The lowest BCUT2D eigenvalue weighted by atomic mass is 9.98. The molecule has 0 amide bonds. The highest BCUT2D eigenvalue weighted by atomic mass is 16.5. The molecule has 0 aliphatic carbocycles. The summed E-state index contributed by atoms with van der Waals surface area (Å²) < 4.78 is 5.18. The molecule has 2 fully saturated rings. The van der Waals surface area contributed by atoms with Gasteiger partial charge in [-0.3, -0.25) is 9.79 Å². The van der Waals surface area contributed by atoms with E-state index in [9.17, 15) is 4.79 Å². The highest BCUT2D eigenvalue weighted by Gasteiger charge is 2.28. The Morgan fingerprint density at radius 3 is 2.58 bits per heavy atom. The number of nitrogens with zero attached hydrogens (tertiary/aromatic N) is 3. The smallest absolute Gasteiger partial charge is 0.310 e. The zero-order valence-electron chi connectivity index (χ0n) is 15.4. The first-order chi connectivity index (χ1) is 11.7. The van der Waals surface area contributed by atoms with Crippen molar-refractivity contribution in [2.75, 3.05) is 52.9 Å². The number of esters is 1. The molecule has 0 bridgehead atoms. The molecular weight excluding hydrogens is 304 g/mol. The summed E-state index contributed by atoms with van der Waals surface area (Å²) in [5.74, 6) is 0.823. The summed E-state index contributed by atoms with van der Waals surface area (Å²) >= 11 is 0. The van der Waals surface area contributed by atoms with Crippen LogP contribution in [-0.2, 0) is 9.53 Å². The van der Waals surface area contributed by atoms with Gasteiger partial charge in [-0.1, -0.05) is 12.8 Å². The van der Waals surface area contributed by atoms with Crippen molar-refractivity contribution in [2.45, 2.75) is 45.4 Å². The van der Waals surface area contributed by atoms with Crippen molar-refractivity contribution < 1.29 is 9.53 Å². The lowest BCUT2D eigenvalue weighted by Gasteiger charge is -2.34. The Bertz CT molecular complexity index is 406. The molecule has 0 aromatic heterocycles. The number of nitrogens with one attached hydrogen (secondary N) is 1. The van der Waals surface area contributed by atoms with Crippen LogP contribution in [0.3, 0.4) is 0 Å². The highest BCUT2D eigenvalue weighted by molar-refractivity contribution is 5.81. The van der Waals surface area contributed by atoms with Gasteiger partial charge in [0.05, 0.1) is 12.5 Å². The van der Waals surface area contributed by atoms with Crippen molar-refractivity contribution in [2.24, 2.45) is 10.9 Å². The van der Waals surface area contributed by atoms with Crippen LogP contribution in [-0.4, -0.2) is 74.7 Å². The molecule has 2 heterocycles. The maximum Gasteiger partial charge on any atom is 0.310 e. The SMILES string of the molecule is CCOC(=O)C1CCCN(C(=NC)NCCN2CCCCCC2)C1. The fourth-order valence-corrected chi connectivity index (χ4v) is 3.64. The van der Waals surface area contributed by atoms with E-state index in [1.54, 1.807) is 0 Å². The Hall–Kier alpha value is -1.30. The molecule has 0 radical (unpaired) electrons.